The Morgan fingerprint density at radius 1 is 1.24 bits per heavy atom. The number of hydrogen-bond acceptors (Lipinski definition) is 3. The molecule has 2 aromatic carbocycles. The van der Waals surface area contributed by atoms with E-state index in [2.05, 4.69) is 38.1 Å². The number of nitrogens with two attached hydrogens (primary N) is 1. The van der Waals surface area contributed by atoms with Gasteiger partial charge in [0.2, 0.25) is 0 Å². The van der Waals surface area contributed by atoms with Crippen molar-refractivity contribution >= 4 is 27.5 Å². The molecule has 0 aliphatic carbocycles. The molecule has 2 aromatic rings. The molecule has 5 heteroatoms. The highest BCUT2D eigenvalue weighted by Crippen LogP contribution is 2.24. The highest BCUT2D eigenvalue weighted by molar-refractivity contribution is 9.10. The molecule has 4 nitrogen and oxygen atoms in total. The summed E-state index contributed by atoms with van der Waals surface area (Å²) in [5.41, 5.74) is 8.69. The summed E-state index contributed by atoms with van der Waals surface area (Å²) in [5.74, 6) is 0.109. The third kappa shape index (κ3) is 3.98. The molecule has 2 rings (SSSR count). The minimum atomic E-state index is 0.109. The molecule has 0 unspecified atom stereocenters. The fourth-order valence-corrected chi connectivity index (χ4v) is 2.52. The van der Waals surface area contributed by atoms with Crippen molar-refractivity contribution in [1.82, 2.24) is 0 Å². The van der Waals surface area contributed by atoms with Crippen LogP contribution < -0.4 is 10.6 Å². The van der Waals surface area contributed by atoms with E-state index in [4.69, 9.17) is 10.9 Å². The molecule has 0 bridgehead atoms. The van der Waals surface area contributed by atoms with Gasteiger partial charge >= 0.3 is 0 Å². The SMILES string of the molecule is CN(CCc1ccccc1)c1ccc(Br)cc1/C(N)=N/O. The van der Waals surface area contributed by atoms with E-state index in [1.165, 1.54) is 5.56 Å². The van der Waals surface area contributed by atoms with Gasteiger partial charge in [0.1, 0.15) is 0 Å². The van der Waals surface area contributed by atoms with Crippen LogP contribution >= 0.6 is 15.9 Å². The summed E-state index contributed by atoms with van der Waals surface area (Å²) in [6.45, 7) is 0.845. The zero-order valence-corrected chi connectivity index (χ0v) is 13.4. The lowest BCUT2D eigenvalue weighted by molar-refractivity contribution is 0.318. The third-order valence-corrected chi connectivity index (χ3v) is 3.83. The lowest BCUT2D eigenvalue weighted by Gasteiger charge is -2.22. The highest BCUT2D eigenvalue weighted by Gasteiger charge is 2.11. The van der Waals surface area contributed by atoms with Crippen LogP contribution in [0.15, 0.2) is 58.2 Å². The Balaban J connectivity index is 2.17. The molecule has 0 radical (unpaired) electrons. The Morgan fingerprint density at radius 3 is 2.62 bits per heavy atom. The van der Waals surface area contributed by atoms with Crippen LogP contribution in [0.5, 0.6) is 0 Å². The van der Waals surface area contributed by atoms with E-state index in [0.29, 0.717) is 5.56 Å². The number of nitrogens with zero attached hydrogens (tertiary/aromatic N) is 2. The molecule has 0 amide bonds. The summed E-state index contributed by atoms with van der Waals surface area (Å²) in [6, 6.07) is 16.1. The van der Waals surface area contributed by atoms with E-state index in [-0.39, 0.29) is 5.84 Å². The Morgan fingerprint density at radius 2 is 1.95 bits per heavy atom. The minimum Gasteiger partial charge on any atom is -0.409 e. The van der Waals surface area contributed by atoms with Crippen molar-refractivity contribution in [1.29, 1.82) is 0 Å². The molecular weight excluding hydrogens is 330 g/mol. The van der Waals surface area contributed by atoms with Gasteiger partial charge in [-0.3, -0.25) is 0 Å². The minimum absolute atomic E-state index is 0.109. The molecule has 0 aromatic heterocycles. The van der Waals surface area contributed by atoms with Crippen LogP contribution in [-0.2, 0) is 6.42 Å². The molecule has 3 N–H and O–H groups in total. The first-order valence-electron chi connectivity index (χ1n) is 6.64. The van der Waals surface area contributed by atoms with E-state index >= 15 is 0 Å². The number of amidine groups is 1. The van der Waals surface area contributed by atoms with Gasteiger partial charge in [-0.15, -0.1) is 0 Å². The number of hydrogen-bond donors (Lipinski definition) is 2. The molecule has 0 fully saturated rings. The first-order chi connectivity index (χ1) is 10.1. The van der Waals surface area contributed by atoms with Crippen LogP contribution in [0.4, 0.5) is 5.69 Å². The monoisotopic (exact) mass is 347 g/mol. The molecule has 0 atom stereocenters. The van der Waals surface area contributed by atoms with Crippen molar-refractivity contribution in [2.75, 3.05) is 18.5 Å². The van der Waals surface area contributed by atoms with E-state index in [1.807, 2.05) is 43.4 Å². The molecule has 0 saturated carbocycles. The van der Waals surface area contributed by atoms with E-state index in [0.717, 1.165) is 23.1 Å². The number of benzene rings is 2. The number of halogens is 1. The molecule has 21 heavy (non-hydrogen) atoms. The second-order valence-corrected chi connectivity index (χ2v) is 5.72. The molecular formula is C16H18BrN3O. The highest BCUT2D eigenvalue weighted by atomic mass is 79.9. The van der Waals surface area contributed by atoms with Crippen LogP contribution in [0.25, 0.3) is 0 Å². The molecule has 0 aliphatic heterocycles. The topological polar surface area (TPSA) is 61.8 Å². The maximum Gasteiger partial charge on any atom is 0.172 e. The smallest absolute Gasteiger partial charge is 0.172 e. The molecule has 0 heterocycles. The summed E-state index contributed by atoms with van der Waals surface area (Å²) >= 11 is 3.41. The second kappa shape index (κ2) is 7.13. The van der Waals surface area contributed by atoms with Crippen molar-refractivity contribution < 1.29 is 5.21 Å². The lowest BCUT2D eigenvalue weighted by Crippen LogP contribution is -2.25. The van der Waals surface area contributed by atoms with Gasteiger partial charge in [-0.2, -0.15) is 0 Å². The summed E-state index contributed by atoms with van der Waals surface area (Å²) in [7, 11) is 2.00. The quantitative estimate of drug-likeness (QED) is 0.377. The van der Waals surface area contributed by atoms with Crippen molar-refractivity contribution in [3.8, 4) is 0 Å². The zero-order valence-electron chi connectivity index (χ0n) is 11.8. The fourth-order valence-electron chi connectivity index (χ4n) is 2.16. The summed E-state index contributed by atoms with van der Waals surface area (Å²) in [5, 5.41) is 12.0. The van der Waals surface area contributed by atoms with Gasteiger partial charge in [0.25, 0.3) is 0 Å². The predicted octanol–water partition coefficient (Wildman–Crippen LogP) is 3.22. The normalized spacial score (nSPS) is 11.4. The van der Waals surface area contributed by atoms with Gasteiger partial charge in [0.15, 0.2) is 5.84 Å². The summed E-state index contributed by atoms with van der Waals surface area (Å²) < 4.78 is 0.893. The number of rotatable bonds is 5. The average molecular weight is 348 g/mol. The second-order valence-electron chi connectivity index (χ2n) is 4.80. The van der Waals surface area contributed by atoms with Gasteiger partial charge in [-0.1, -0.05) is 51.4 Å². The number of oxime groups is 1. The number of likely N-dealkylation sites (N-methyl/N-ethyl adjacent to an activating group) is 1. The van der Waals surface area contributed by atoms with Crippen LogP contribution in [0.3, 0.4) is 0 Å². The maximum atomic E-state index is 8.92. The molecule has 0 saturated heterocycles. The summed E-state index contributed by atoms with van der Waals surface area (Å²) in [4.78, 5) is 2.10. The molecule has 110 valence electrons. The van der Waals surface area contributed by atoms with Gasteiger partial charge in [-0.25, -0.2) is 0 Å². The first-order valence-corrected chi connectivity index (χ1v) is 7.43. The lowest BCUT2D eigenvalue weighted by atomic mass is 10.1. The standard InChI is InChI=1S/C16H18BrN3O/c1-20(10-9-12-5-3-2-4-6-12)15-8-7-13(17)11-14(15)16(18)19-21/h2-8,11,21H,9-10H2,1H3,(H2,18,19). The van der Waals surface area contributed by atoms with Gasteiger partial charge in [0, 0.05) is 29.3 Å². The first kappa shape index (κ1) is 15.4. The van der Waals surface area contributed by atoms with Crippen molar-refractivity contribution in [3.05, 3.63) is 64.1 Å². The average Bonchev–Trinajstić information content (AvgIpc) is 2.52. The zero-order chi connectivity index (χ0) is 15.2. The van der Waals surface area contributed by atoms with Crippen LogP contribution in [-0.4, -0.2) is 24.6 Å². The van der Waals surface area contributed by atoms with Crippen LogP contribution in [0.1, 0.15) is 11.1 Å². The third-order valence-electron chi connectivity index (χ3n) is 3.33. The van der Waals surface area contributed by atoms with Crippen LogP contribution in [0, 0.1) is 0 Å². The largest absolute Gasteiger partial charge is 0.409 e. The fraction of sp³-hybridized carbons (Fsp3) is 0.188. The maximum absolute atomic E-state index is 8.92. The van der Waals surface area contributed by atoms with E-state index in [9.17, 15) is 0 Å². The molecule has 0 aliphatic rings. The van der Waals surface area contributed by atoms with Gasteiger partial charge in [0.05, 0.1) is 0 Å². The van der Waals surface area contributed by atoms with E-state index in [1.54, 1.807) is 0 Å². The van der Waals surface area contributed by atoms with E-state index < -0.39 is 0 Å². The number of anilines is 1. The van der Waals surface area contributed by atoms with Crippen molar-refractivity contribution in [2.45, 2.75) is 6.42 Å². The van der Waals surface area contributed by atoms with Crippen molar-refractivity contribution in [2.24, 2.45) is 10.9 Å². The van der Waals surface area contributed by atoms with Crippen LogP contribution in [0.2, 0.25) is 0 Å². The molecule has 0 spiro atoms. The Kier molecular flexibility index (Phi) is 5.22. The Bertz CT molecular complexity index is 629. The Labute approximate surface area is 133 Å². The van der Waals surface area contributed by atoms with Crippen molar-refractivity contribution in [3.63, 3.8) is 0 Å². The predicted molar refractivity (Wildman–Crippen MR) is 90.1 cm³/mol. The van der Waals surface area contributed by atoms with Gasteiger partial charge in [-0.05, 0) is 30.2 Å². The summed E-state index contributed by atoms with van der Waals surface area (Å²) in [6.07, 6.45) is 0.934. The van der Waals surface area contributed by atoms with Gasteiger partial charge < -0.3 is 15.8 Å². The Hall–Kier alpha value is -2.01.